The van der Waals surface area contributed by atoms with Crippen LogP contribution < -0.4 is 5.32 Å². The van der Waals surface area contributed by atoms with Crippen LogP contribution in [0.5, 0.6) is 0 Å². The third kappa shape index (κ3) is 4.18. The van der Waals surface area contributed by atoms with Crippen molar-refractivity contribution >= 4 is 17.3 Å². The van der Waals surface area contributed by atoms with Crippen LogP contribution in [0.3, 0.4) is 0 Å². The van der Waals surface area contributed by atoms with E-state index in [4.69, 9.17) is 0 Å². The summed E-state index contributed by atoms with van der Waals surface area (Å²) in [7, 11) is 1.68. The topological polar surface area (TPSA) is 75.5 Å². The number of rotatable bonds is 7. The number of anilines is 1. The van der Waals surface area contributed by atoms with E-state index in [-0.39, 0.29) is 17.2 Å². The minimum atomic E-state index is -0.498. The predicted octanol–water partition coefficient (Wildman–Crippen LogP) is 3.14. The number of nitrogens with zero attached hydrogens (tertiary/aromatic N) is 2. The summed E-state index contributed by atoms with van der Waals surface area (Å²) in [4.78, 5) is 24.8. The van der Waals surface area contributed by atoms with Crippen molar-refractivity contribution in [2.75, 3.05) is 25.5 Å². The first kappa shape index (κ1) is 16.9. The van der Waals surface area contributed by atoms with Crippen LogP contribution in [0.1, 0.15) is 37.6 Å². The number of benzene rings is 1. The molecule has 1 amide bonds. The number of hydrogen-bond acceptors (Lipinski definition) is 4. The summed E-state index contributed by atoms with van der Waals surface area (Å²) in [6, 6.07) is 4.79. The standard InChI is InChI=1S/C15H23N3O3/c1-5-11(3)10-17(4)15(19)12-8-7-9-13(16-6-2)14(12)18(20)21/h7-9,11,16H,5-6,10H2,1-4H3. The molecule has 0 aliphatic carbocycles. The van der Waals surface area contributed by atoms with Crippen molar-refractivity contribution in [3.8, 4) is 0 Å². The van der Waals surface area contributed by atoms with Gasteiger partial charge in [-0.15, -0.1) is 0 Å². The molecule has 0 saturated heterocycles. The molecule has 1 unspecified atom stereocenters. The highest BCUT2D eigenvalue weighted by atomic mass is 16.6. The average molecular weight is 293 g/mol. The van der Waals surface area contributed by atoms with Gasteiger partial charge in [-0.3, -0.25) is 14.9 Å². The highest BCUT2D eigenvalue weighted by Crippen LogP contribution is 2.29. The molecule has 1 N–H and O–H groups in total. The molecule has 1 aromatic rings. The second-order valence-corrected chi connectivity index (χ2v) is 5.19. The van der Waals surface area contributed by atoms with Gasteiger partial charge in [-0.05, 0) is 25.0 Å². The maximum absolute atomic E-state index is 12.5. The number of nitrogens with one attached hydrogen (secondary N) is 1. The van der Waals surface area contributed by atoms with E-state index in [0.29, 0.717) is 24.7 Å². The van der Waals surface area contributed by atoms with E-state index in [1.54, 1.807) is 24.1 Å². The minimum Gasteiger partial charge on any atom is -0.380 e. The molecule has 0 bridgehead atoms. The summed E-state index contributed by atoms with van der Waals surface area (Å²) in [6.07, 6.45) is 0.955. The van der Waals surface area contributed by atoms with Gasteiger partial charge in [0.1, 0.15) is 11.3 Å². The van der Waals surface area contributed by atoms with Gasteiger partial charge in [0.05, 0.1) is 4.92 Å². The lowest BCUT2D eigenvalue weighted by Crippen LogP contribution is -2.31. The van der Waals surface area contributed by atoms with Crippen LogP contribution in [0.25, 0.3) is 0 Å². The Kier molecular flexibility index (Phi) is 6.14. The lowest BCUT2D eigenvalue weighted by molar-refractivity contribution is -0.384. The molecule has 0 aromatic heterocycles. The Labute approximate surface area is 125 Å². The Balaban J connectivity index is 3.14. The molecule has 116 valence electrons. The second-order valence-electron chi connectivity index (χ2n) is 5.19. The molecular formula is C15H23N3O3. The molecular weight excluding hydrogens is 270 g/mol. The van der Waals surface area contributed by atoms with Gasteiger partial charge >= 0.3 is 5.69 Å². The quantitative estimate of drug-likeness (QED) is 0.619. The molecule has 21 heavy (non-hydrogen) atoms. The van der Waals surface area contributed by atoms with Crippen LogP contribution >= 0.6 is 0 Å². The van der Waals surface area contributed by atoms with Gasteiger partial charge in [-0.25, -0.2) is 0 Å². The van der Waals surface area contributed by atoms with Crippen LogP contribution in [0.15, 0.2) is 18.2 Å². The van der Waals surface area contributed by atoms with Gasteiger partial charge < -0.3 is 10.2 Å². The fraction of sp³-hybridized carbons (Fsp3) is 0.533. The van der Waals surface area contributed by atoms with Crippen molar-refractivity contribution in [2.45, 2.75) is 27.2 Å². The van der Waals surface area contributed by atoms with Crippen LogP contribution in [0.2, 0.25) is 0 Å². The normalized spacial score (nSPS) is 11.8. The van der Waals surface area contributed by atoms with Crippen LogP contribution in [-0.2, 0) is 0 Å². The molecule has 0 aliphatic rings. The molecule has 6 nitrogen and oxygen atoms in total. The van der Waals surface area contributed by atoms with E-state index >= 15 is 0 Å². The Morgan fingerprint density at radius 2 is 2.10 bits per heavy atom. The fourth-order valence-electron chi connectivity index (χ4n) is 2.13. The first-order chi connectivity index (χ1) is 9.92. The molecule has 0 spiro atoms. The lowest BCUT2D eigenvalue weighted by atomic mass is 10.1. The Morgan fingerprint density at radius 1 is 1.43 bits per heavy atom. The summed E-state index contributed by atoms with van der Waals surface area (Å²) >= 11 is 0. The summed E-state index contributed by atoms with van der Waals surface area (Å²) in [5.74, 6) is 0.0386. The van der Waals surface area contributed by atoms with E-state index < -0.39 is 4.92 Å². The number of amides is 1. The van der Waals surface area contributed by atoms with Crippen molar-refractivity contribution in [3.63, 3.8) is 0 Å². The summed E-state index contributed by atoms with van der Waals surface area (Å²) in [6.45, 7) is 7.09. The van der Waals surface area contributed by atoms with Gasteiger partial charge in [0.15, 0.2) is 0 Å². The Bertz CT molecular complexity index is 517. The first-order valence-corrected chi connectivity index (χ1v) is 7.19. The molecule has 0 heterocycles. The van der Waals surface area contributed by atoms with Crippen molar-refractivity contribution in [1.82, 2.24) is 4.90 Å². The highest BCUT2D eigenvalue weighted by Gasteiger charge is 2.26. The fourth-order valence-corrected chi connectivity index (χ4v) is 2.13. The largest absolute Gasteiger partial charge is 0.380 e. The molecule has 1 aromatic carbocycles. The summed E-state index contributed by atoms with van der Waals surface area (Å²) in [5.41, 5.74) is 0.356. The van der Waals surface area contributed by atoms with Gasteiger partial charge in [0, 0.05) is 20.1 Å². The predicted molar refractivity (Wildman–Crippen MR) is 83.7 cm³/mol. The molecule has 0 saturated carbocycles. The zero-order valence-electron chi connectivity index (χ0n) is 13.0. The zero-order valence-corrected chi connectivity index (χ0v) is 13.0. The SMILES string of the molecule is CCNc1cccc(C(=O)N(C)CC(C)CC)c1[N+](=O)[O-]. The number of carbonyl (C=O) groups is 1. The molecule has 1 atom stereocenters. The number of nitro benzene ring substituents is 1. The molecule has 1 rings (SSSR count). The van der Waals surface area contributed by atoms with E-state index in [2.05, 4.69) is 12.2 Å². The Hall–Kier alpha value is -2.11. The van der Waals surface area contributed by atoms with E-state index in [9.17, 15) is 14.9 Å². The van der Waals surface area contributed by atoms with E-state index in [0.717, 1.165) is 6.42 Å². The van der Waals surface area contributed by atoms with E-state index in [1.165, 1.54) is 6.07 Å². The molecule has 0 fully saturated rings. The van der Waals surface area contributed by atoms with Crippen molar-refractivity contribution in [2.24, 2.45) is 5.92 Å². The van der Waals surface area contributed by atoms with Gasteiger partial charge in [-0.2, -0.15) is 0 Å². The average Bonchev–Trinajstić information content (AvgIpc) is 2.46. The smallest absolute Gasteiger partial charge is 0.305 e. The number of nitro groups is 1. The number of hydrogen-bond donors (Lipinski definition) is 1. The number of carbonyl (C=O) groups excluding carboxylic acids is 1. The van der Waals surface area contributed by atoms with Crippen molar-refractivity contribution in [1.29, 1.82) is 0 Å². The van der Waals surface area contributed by atoms with Crippen LogP contribution in [0, 0.1) is 16.0 Å². The third-order valence-corrected chi connectivity index (χ3v) is 3.45. The summed E-state index contributed by atoms with van der Waals surface area (Å²) in [5, 5.41) is 14.2. The van der Waals surface area contributed by atoms with Crippen molar-refractivity contribution in [3.05, 3.63) is 33.9 Å². The first-order valence-electron chi connectivity index (χ1n) is 7.19. The number of para-hydroxylation sites is 1. The highest BCUT2D eigenvalue weighted by molar-refractivity contribution is 6.00. The van der Waals surface area contributed by atoms with Crippen LogP contribution in [-0.4, -0.2) is 35.9 Å². The monoisotopic (exact) mass is 293 g/mol. The zero-order chi connectivity index (χ0) is 16.0. The van der Waals surface area contributed by atoms with Gasteiger partial charge in [0.25, 0.3) is 5.91 Å². The maximum Gasteiger partial charge on any atom is 0.305 e. The Morgan fingerprint density at radius 3 is 2.62 bits per heavy atom. The van der Waals surface area contributed by atoms with Crippen molar-refractivity contribution < 1.29 is 9.72 Å². The maximum atomic E-state index is 12.5. The summed E-state index contributed by atoms with van der Waals surface area (Å²) < 4.78 is 0. The minimum absolute atomic E-state index is 0.129. The van der Waals surface area contributed by atoms with E-state index in [1.807, 2.05) is 13.8 Å². The van der Waals surface area contributed by atoms with Gasteiger partial charge in [-0.1, -0.05) is 26.3 Å². The molecule has 0 radical (unpaired) electrons. The van der Waals surface area contributed by atoms with Gasteiger partial charge in [0.2, 0.25) is 0 Å². The van der Waals surface area contributed by atoms with Crippen LogP contribution in [0.4, 0.5) is 11.4 Å². The molecule has 0 aliphatic heterocycles. The molecule has 6 heteroatoms. The lowest BCUT2D eigenvalue weighted by Gasteiger charge is -2.21. The third-order valence-electron chi connectivity index (χ3n) is 3.45. The second kappa shape index (κ2) is 7.61.